The van der Waals surface area contributed by atoms with Crippen molar-refractivity contribution in [3.63, 3.8) is 0 Å². The van der Waals surface area contributed by atoms with Crippen LogP contribution in [0.5, 0.6) is 0 Å². The number of hydrogen-bond donors (Lipinski definition) is 1. The Morgan fingerprint density at radius 1 is 1.50 bits per heavy atom. The summed E-state index contributed by atoms with van der Waals surface area (Å²) in [6, 6.07) is 5.17. The Morgan fingerprint density at radius 3 is 2.96 bits per heavy atom. The van der Waals surface area contributed by atoms with Crippen LogP contribution in [0.2, 0.25) is 0 Å². The van der Waals surface area contributed by atoms with Gasteiger partial charge in [0.15, 0.2) is 5.16 Å². The molecule has 1 atom stereocenters. The first kappa shape index (κ1) is 16.8. The Hall–Kier alpha value is -2.02. The molecule has 2 aromatic rings. The highest BCUT2D eigenvalue weighted by molar-refractivity contribution is 7.99. The summed E-state index contributed by atoms with van der Waals surface area (Å²) in [6.45, 7) is 6.82. The van der Waals surface area contributed by atoms with Crippen molar-refractivity contribution in [3.8, 4) is 0 Å². The lowest BCUT2D eigenvalue weighted by molar-refractivity contribution is -0.125. The number of furan rings is 1. The average Bonchev–Trinajstić information content (AvgIpc) is 3.04. The van der Waals surface area contributed by atoms with Crippen LogP contribution in [0.1, 0.15) is 32.2 Å². The zero-order valence-electron chi connectivity index (χ0n) is 14.0. The molecule has 1 aliphatic rings. The number of fused-ring (bicyclic) bond motifs is 1. The SMILES string of the molecule is CC(C)(C)c1cc(=O)n2c(n1)SC[C@@H](C(=O)NCc1ccco1)C2. The number of amides is 1. The molecule has 1 N–H and O–H groups in total. The largest absolute Gasteiger partial charge is 0.467 e. The van der Waals surface area contributed by atoms with Crippen molar-refractivity contribution in [2.24, 2.45) is 5.92 Å². The summed E-state index contributed by atoms with van der Waals surface area (Å²) >= 11 is 1.46. The van der Waals surface area contributed by atoms with Gasteiger partial charge in [-0.15, -0.1) is 0 Å². The third-order valence-corrected chi connectivity index (χ3v) is 5.08. The fraction of sp³-hybridized carbons (Fsp3) is 0.471. The van der Waals surface area contributed by atoms with E-state index in [1.54, 1.807) is 23.0 Å². The zero-order valence-corrected chi connectivity index (χ0v) is 14.9. The first-order valence-corrected chi connectivity index (χ1v) is 8.88. The highest BCUT2D eigenvalue weighted by atomic mass is 32.2. The monoisotopic (exact) mass is 347 g/mol. The molecular formula is C17H21N3O3S. The molecule has 3 rings (SSSR count). The van der Waals surface area contributed by atoms with Gasteiger partial charge in [0.05, 0.1) is 24.4 Å². The summed E-state index contributed by atoms with van der Waals surface area (Å²) in [6.07, 6.45) is 1.58. The molecule has 0 fully saturated rings. The van der Waals surface area contributed by atoms with Crippen molar-refractivity contribution in [3.05, 3.63) is 46.3 Å². The van der Waals surface area contributed by atoms with Crippen LogP contribution in [0.15, 0.2) is 38.8 Å². The topological polar surface area (TPSA) is 77.1 Å². The minimum atomic E-state index is -0.252. The Bertz CT molecular complexity index is 790. The molecule has 0 bridgehead atoms. The minimum Gasteiger partial charge on any atom is -0.467 e. The van der Waals surface area contributed by atoms with Crippen LogP contribution < -0.4 is 10.9 Å². The van der Waals surface area contributed by atoms with Gasteiger partial charge in [-0.1, -0.05) is 32.5 Å². The summed E-state index contributed by atoms with van der Waals surface area (Å²) in [4.78, 5) is 29.4. The predicted octanol–water partition coefficient (Wildman–Crippen LogP) is 2.17. The van der Waals surface area contributed by atoms with E-state index in [0.29, 0.717) is 29.8 Å². The highest BCUT2D eigenvalue weighted by Gasteiger charge is 2.28. The van der Waals surface area contributed by atoms with Gasteiger partial charge >= 0.3 is 0 Å². The second-order valence-corrected chi connectivity index (χ2v) is 7.92. The van der Waals surface area contributed by atoms with E-state index in [1.807, 2.05) is 26.8 Å². The van der Waals surface area contributed by atoms with Crippen molar-refractivity contribution < 1.29 is 9.21 Å². The highest BCUT2D eigenvalue weighted by Crippen LogP contribution is 2.28. The molecule has 1 aliphatic heterocycles. The molecule has 0 saturated heterocycles. The van der Waals surface area contributed by atoms with Crippen LogP contribution in [0, 0.1) is 5.92 Å². The molecule has 24 heavy (non-hydrogen) atoms. The van der Waals surface area contributed by atoms with Crippen molar-refractivity contribution >= 4 is 17.7 Å². The van der Waals surface area contributed by atoms with Gasteiger partial charge in [-0.2, -0.15) is 0 Å². The molecule has 1 amide bonds. The number of rotatable bonds is 3. The van der Waals surface area contributed by atoms with E-state index in [0.717, 1.165) is 5.69 Å². The zero-order chi connectivity index (χ0) is 17.3. The summed E-state index contributed by atoms with van der Waals surface area (Å²) in [5.41, 5.74) is 0.514. The van der Waals surface area contributed by atoms with Gasteiger partial charge < -0.3 is 9.73 Å². The first-order valence-electron chi connectivity index (χ1n) is 7.90. The maximum Gasteiger partial charge on any atom is 0.254 e. The maximum atomic E-state index is 12.4. The molecule has 0 saturated carbocycles. The molecule has 6 nitrogen and oxygen atoms in total. The maximum absolute atomic E-state index is 12.4. The fourth-order valence-electron chi connectivity index (χ4n) is 2.49. The third-order valence-electron chi connectivity index (χ3n) is 3.95. The molecular weight excluding hydrogens is 326 g/mol. The number of carbonyl (C=O) groups is 1. The van der Waals surface area contributed by atoms with Crippen LogP contribution in [0.3, 0.4) is 0 Å². The van der Waals surface area contributed by atoms with E-state index in [1.165, 1.54) is 11.8 Å². The molecule has 7 heteroatoms. The van der Waals surface area contributed by atoms with Crippen molar-refractivity contribution in [2.45, 2.75) is 44.4 Å². The van der Waals surface area contributed by atoms with Crippen LogP contribution in [-0.4, -0.2) is 21.2 Å². The number of nitrogens with one attached hydrogen (secondary N) is 1. The van der Waals surface area contributed by atoms with Gasteiger partial charge in [-0.25, -0.2) is 4.98 Å². The van der Waals surface area contributed by atoms with E-state index in [-0.39, 0.29) is 22.8 Å². The van der Waals surface area contributed by atoms with Crippen molar-refractivity contribution in [2.75, 3.05) is 5.75 Å². The Labute approximate surface area is 144 Å². The Balaban J connectivity index is 1.72. The normalized spacial score (nSPS) is 17.4. The Kier molecular flexibility index (Phi) is 4.54. The number of carbonyl (C=O) groups excluding carboxylic acids is 1. The van der Waals surface area contributed by atoms with E-state index in [9.17, 15) is 9.59 Å². The van der Waals surface area contributed by atoms with E-state index >= 15 is 0 Å². The van der Waals surface area contributed by atoms with Gasteiger partial charge in [0.2, 0.25) is 5.91 Å². The number of hydrogen-bond acceptors (Lipinski definition) is 5. The minimum absolute atomic E-state index is 0.0728. The molecule has 0 aromatic carbocycles. The first-order chi connectivity index (χ1) is 11.3. The van der Waals surface area contributed by atoms with E-state index in [4.69, 9.17) is 4.42 Å². The predicted molar refractivity (Wildman–Crippen MR) is 92.0 cm³/mol. The van der Waals surface area contributed by atoms with Crippen LogP contribution >= 0.6 is 11.8 Å². The third kappa shape index (κ3) is 3.56. The fourth-order valence-corrected chi connectivity index (χ4v) is 3.58. The number of thioether (sulfide) groups is 1. The summed E-state index contributed by atoms with van der Waals surface area (Å²) < 4.78 is 6.80. The molecule has 128 valence electrons. The molecule has 0 unspecified atom stereocenters. The van der Waals surface area contributed by atoms with E-state index < -0.39 is 0 Å². The summed E-state index contributed by atoms with van der Waals surface area (Å²) in [5.74, 6) is 0.999. The average molecular weight is 347 g/mol. The van der Waals surface area contributed by atoms with Crippen LogP contribution in [0.4, 0.5) is 0 Å². The Morgan fingerprint density at radius 2 is 2.29 bits per heavy atom. The summed E-state index contributed by atoms with van der Waals surface area (Å²) in [7, 11) is 0. The molecule has 0 aliphatic carbocycles. The molecule has 2 aromatic heterocycles. The molecule has 0 spiro atoms. The quantitative estimate of drug-likeness (QED) is 0.861. The second-order valence-electron chi connectivity index (χ2n) is 6.93. The lowest BCUT2D eigenvalue weighted by atomic mass is 9.92. The van der Waals surface area contributed by atoms with Gasteiger partial charge in [0.25, 0.3) is 5.56 Å². The van der Waals surface area contributed by atoms with Gasteiger partial charge in [-0.3, -0.25) is 14.2 Å². The van der Waals surface area contributed by atoms with Gasteiger partial charge in [0, 0.05) is 23.8 Å². The lowest BCUT2D eigenvalue weighted by Gasteiger charge is -2.26. The van der Waals surface area contributed by atoms with Crippen LogP contribution in [-0.2, 0) is 23.3 Å². The van der Waals surface area contributed by atoms with Crippen LogP contribution in [0.25, 0.3) is 0 Å². The van der Waals surface area contributed by atoms with Gasteiger partial charge in [-0.05, 0) is 12.1 Å². The number of aromatic nitrogens is 2. The van der Waals surface area contributed by atoms with Crippen molar-refractivity contribution in [1.29, 1.82) is 0 Å². The second kappa shape index (κ2) is 6.47. The van der Waals surface area contributed by atoms with Gasteiger partial charge in [0.1, 0.15) is 5.76 Å². The van der Waals surface area contributed by atoms with Crippen molar-refractivity contribution in [1.82, 2.24) is 14.9 Å². The number of nitrogens with zero attached hydrogens (tertiary/aromatic N) is 2. The molecule has 0 radical (unpaired) electrons. The smallest absolute Gasteiger partial charge is 0.254 e. The summed E-state index contributed by atoms with van der Waals surface area (Å²) in [5, 5.41) is 3.56. The molecule has 3 heterocycles. The van der Waals surface area contributed by atoms with E-state index in [2.05, 4.69) is 10.3 Å². The lowest BCUT2D eigenvalue weighted by Crippen LogP contribution is -2.40. The standard InChI is InChI=1S/C17H21N3O3S/c1-17(2,3)13-7-14(21)20-9-11(10-24-16(20)19-13)15(22)18-8-12-5-4-6-23-12/h4-7,11H,8-10H2,1-3H3,(H,18,22)/t11-/m0/s1.